The van der Waals surface area contributed by atoms with Crippen molar-refractivity contribution in [3.63, 3.8) is 0 Å². The molecule has 1 aromatic carbocycles. The van der Waals surface area contributed by atoms with E-state index in [9.17, 15) is 18.7 Å². The molecule has 0 radical (unpaired) electrons. The van der Waals surface area contributed by atoms with Crippen LogP contribution < -0.4 is 5.32 Å². The summed E-state index contributed by atoms with van der Waals surface area (Å²) in [6.45, 7) is 0. The number of thioether (sulfide) groups is 1. The van der Waals surface area contributed by atoms with Crippen molar-refractivity contribution >= 4 is 44.9 Å². The number of halogens is 2. The van der Waals surface area contributed by atoms with E-state index in [1.807, 2.05) is 18.2 Å². The first-order chi connectivity index (χ1) is 13.3. The number of hydrogen-bond donors (Lipinski definition) is 2. The molecule has 4 nitrogen and oxygen atoms in total. The fraction of sp³-hybridized carbons (Fsp3) is 0.600. The number of nitrogens with one attached hydrogen (secondary N) is 1. The summed E-state index contributed by atoms with van der Waals surface area (Å²) in [6, 6.07) is 5.50. The number of thiazole rings is 1. The second-order valence-electron chi connectivity index (χ2n) is 8.78. The van der Waals surface area contributed by atoms with Gasteiger partial charge >= 0.3 is 0 Å². The van der Waals surface area contributed by atoms with E-state index in [1.165, 1.54) is 11.3 Å². The van der Waals surface area contributed by atoms with Crippen molar-refractivity contribution < 1.29 is 18.7 Å². The zero-order chi connectivity index (χ0) is 19.5. The van der Waals surface area contributed by atoms with E-state index < -0.39 is 17.4 Å². The first-order valence-corrected chi connectivity index (χ1v) is 11.5. The predicted octanol–water partition coefficient (Wildman–Crippen LogP) is 4.92. The molecule has 0 saturated heterocycles. The van der Waals surface area contributed by atoms with Gasteiger partial charge in [0.2, 0.25) is 12.3 Å². The number of anilines is 1. The molecule has 6 rings (SSSR count). The summed E-state index contributed by atoms with van der Waals surface area (Å²) in [6.07, 6.45) is 2.76. The third-order valence-electron chi connectivity index (χ3n) is 6.47. The van der Waals surface area contributed by atoms with Crippen molar-refractivity contribution in [3.8, 4) is 0 Å². The molecular formula is C20H22F2N2O2S2. The quantitative estimate of drug-likeness (QED) is 0.669. The molecule has 28 heavy (non-hydrogen) atoms. The first kappa shape index (κ1) is 18.8. The molecule has 2 unspecified atom stereocenters. The highest BCUT2D eigenvalue weighted by Gasteiger charge is 2.60. The van der Waals surface area contributed by atoms with Crippen LogP contribution in [-0.4, -0.2) is 33.8 Å². The number of carbonyl (C=O) groups is 1. The molecule has 2 aromatic rings. The molecule has 4 bridgehead atoms. The number of benzene rings is 1. The molecule has 0 aliphatic heterocycles. The van der Waals surface area contributed by atoms with Gasteiger partial charge in [-0.15, -0.1) is 11.3 Å². The molecule has 1 aromatic heterocycles. The van der Waals surface area contributed by atoms with Crippen LogP contribution in [-0.2, 0) is 4.79 Å². The summed E-state index contributed by atoms with van der Waals surface area (Å²) in [5, 5.41) is 13.9. The van der Waals surface area contributed by atoms with E-state index in [1.54, 1.807) is 0 Å². The highest BCUT2D eigenvalue weighted by molar-refractivity contribution is 8.01. The zero-order valence-corrected chi connectivity index (χ0v) is 16.9. The number of carbonyl (C=O) groups excluding carboxylic acids is 1. The van der Waals surface area contributed by atoms with Crippen LogP contribution >= 0.6 is 23.1 Å². The van der Waals surface area contributed by atoms with E-state index in [-0.39, 0.29) is 11.7 Å². The standard InChI is InChI=1S/C20H22F2N2O2S2/c21-16(22)9-27-18-24-14-2-1-13(4-15(14)28-18)23-17(25)19-5-11-3-12(6-19)8-20(26,7-11)10-19/h1-2,4,11-12,16,26H,3,5-10H2,(H,23,25). The molecule has 1 amide bonds. The van der Waals surface area contributed by atoms with Gasteiger partial charge in [-0.1, -0.05) is 11.8 Å². The van der Waals surface area contributed by atoms with Crippen molar-refractivity contribution in [2.45, 2.75) is 54.9 Å². The van der Waals surface area contributed by atoms with Crippen molar-refractivity contribution in [3.05, 3.63) is 18.2 Å². The highest BCUT2D eigenvalue weighted by atomic mass is 32.2. The van der Waals surface area contributed by atoms with Crippen LogP contribution in [0.2, 0.25) is 0 Å². The van der Waals surface area contributed by atoms with Crippen molar-refractivity contribution in [2.75, 3.05) is 11.1 Å². The number of amides is 1. The monoisotopic (exact) mass is 424 g/mol. The second kappa shape index (κ2) is 6.64. The van der Waals surface area contributed by atoms with Crippen molar-refractivity contribution in [1.29, 1.82) is 0 Å². The molecule has 0 spiro atoms. The van der Waals surface area contributed by atoms with Crippen LogP contribution in [0.1, 0.15) is 38.5 Å². The zero-order valence-electron chi connectivity index (χ0n) is 15.3. The number of fused-ring (bicyclic) bond motifs is 1. The number of rotatable bonds is 5. The predicted molar refractivity (Wildman–Crippen MR) is 107 cm³/mol. The lowest BCUT2D eigenvalue weighted by atomic mass is 9.47. The van der Waals surface area contributed by atoms with Gasteiger partial charge in [0.1, 0.15) is 0 Å². The topological polar surface area (TPSA) is 62.2 Å². The lowest BCUT2D eigenvalue weighted by molar-refractivity contribution is -0.174. The van der Waals surface area contributed by atoms with Crippen LogP contribution in [0.4, 0.5) is 14.5 Å². The fourth-order valence-electron chi connectivity index (χ4n) is 5.92. The average Bonchev–Trinajstić information content (AvgIpc) is 3.00. The van der Waals surface area contributed by atoms with Crippen molar-refractivity contribution in [2.24, 2.45) is 17.3 Å². The lowest BCUT2D eigenvalue weighted by Crippen LogP contribution is -2.59. The Morgan fingerprint density at radius 2 is 2.07 bits per heavy atom. The Kier molecular flexibility index (Phi) is 4.45. The summed E-state index contributed by atoms with van der Waals surface area (Å²) < 4.78 is 26.3. The third-order valence-corrected chi connectivity index (χ3v) is 8.64. The summed E-state index contributed by atoms with van der Waals surface area (Å²) >= 11 is 2.42. The van der Waals surface area contributed by atoms with Crippen LogP contribution in [0.5, 0.6) is 0 Å². The third kappa shape index (κ3) is 3.33. The molecule has 4 fully saturated rings. The van der Waals surface area contributed by atoms with Crippen molar-refractivity contribution in [1.82, 2.24) is 4.98 Å². The maximum absolute atomic E-state index is 13.2. The smallest absolute Gasteiger partial charge is 0.248 e. The van der Waals surface area contributed by atoms with Gasteiger partial charge in [0.25, 0.3) is 0 Å². The van der Waals surface area contributed by atoms with Crippen LogP contribution in [0.3, 0.4) is 0 Å². The Labute approximate surface area is 170 Å². The molecule has 150 valence electrons. The minimum atomic E-state index is -2.36. The molecule has 1 heterocycles. The molecule has 2 N–H and O–H groups in total. The van der Waals surface area contributed by atoms with E-state index in [2.05, 4.69) is 10.3 Å². The van der Waals surface area contributed by atoms with Gasteiger partial charge in [0.05, 0.1) is 27.0 Å². The Balaban J connectivity index is 1.34. The van der Waals surface area contributed by atoms with E-state index >= 15 is 0 Å². The Morgan fingerprint density at radius 1 is 1.32 bits per heavy atom. The number of hydrogen-bond acceptors (Lipinski definition) is 5. The lowest BCUT2D eigenvalue weighted by Gasteiger charge is -2.59. The van der Waals surface area contributed by atoms with Gasteiger partial charge < -0.3 is 10.4 Å². The largest absolute Gasteiger partial charge is 0.390 e. The minimum absolute atomic E-state index is 0.0104. The number of aliphatic hydroxyl groups is 1. The maximum atomic E-state index is 13.2. The summed E-state index contributed by atoms with van der Waals surface area (Å²) in [4.78, 5) is 17.6. The summed E-state index contributed by atoms with van der Waals surface area (Å²) in [7, 11) is 0. The van der Waals surface area contributed by atoms with E-state index in [4.69, 9.17) is 0 Å². The van der Waals surface area contributed by atoms with Crippen LogP contribution in [0, 0.1) is 17.3 Å². The maximum Gasteiger partial charge on any atom is 0.248 e. The molecule has 4 aliphatic rings. The Bertz CT molecular complexity index is 918. The molecule has 8 heteroatoms. The number of aromatic nitrogens is 1. The Morgan fingerprint density at radius 3 is 2.75 bits per heavy atom. The van der Waals surface area contributed by atoms with Gasteiger partial charge in [-0.2, -0.15) is 0 Å². The summed E-state index contributed by atoms with van der Waals surface area (Å²) in [5.74, 6) is 0.652. The van der Waals surface area contributed by atoms with Gasteiger partial charge in [-0.3, -0.25) is 4.79 Å². The molecule has 4 aliphatic carbocycles. The Hall–Kier alpha value is -1.25. The number of alkyl halides is 2. The highest BCUT2D eigenvalue weighted by Crippen LogP contribution is 2.61. The van der Waals surface area contributed by atoms with Crippen LogP contribution in [0.15, 0.2) is 22.5 Å². The van der Waals surface area contributed by atoms with Gasteiger partial charge in [-0.25, -0.2) is 13.8 Å². The van der Waals surface area contributed by atoms with Gasteiger partial charge in [-0.05, 0) is 68.6 Å². The number of nitrogens with zero attached hydrogens (tertiary/aromatic N) is 1. The average molecular weight is 425 g/mol. The normalized spacial score (nSPS) is 33.7. The SMILES string of the molecule is O=C(Nc1ccc2nc(SCC(F)F)sc2c1)C12CC3CC(CC(O)(C3)C1)C2. The minimum Gasteiger partial charge on any atom is -0.390 e. The van der Waals surface area contributed by atoms with Gasteiger partial charge in [0.15, 0.2) is 4.34 Å². The first-order valence-electron chi connectivity index (χ1n) is 9.68. The molecule has 4 saturated carbocycles. The van der Waals surface area contributed by atoms with E-state index in [0.29, 0.717) is 28.3 Å². The van der Waals surface area contributed by atoms with E-state index in [0.717, 1.165) is 54.1 Å². The van der Waals surface area contributed by atoms with Crippen LogP contribution in [0.25, 0.3) is 10.2 Å². The molecule has 2 atom stereocenters. The second-order valence-corrected chi connectivity index (χ2v) is 11.1. The molecular weight excluding hydrogens is 402 g/mol. The fourth-order valence-corrected chi connectivity index (χ4v) is 7.80. The summed E-state index contributed by atoms with van der Waals surface area (Å²) in [5.41, 5.74) is 0.331. The van der Waals surface area contributed by atoms with Gasteiger partial charge in [0, 0.05) is 5.69 Å².